The van der Waals surface area contributed by atoms with Crippen molar-refractivity contribution in [2.24, 2.45) is 5.92 Å². The molecular formula is C30H39N3O4. The van der Waals surface area contributed by atoms with Crippen LogP contribution in [0.25, 0.3) is 10.9 Å². The number of rotatable bonds is 11. The van der Waals surface area contributed by atoms with Gasteiger partial charge in [-0.25, -0.2) is 0 Å². The summed E-state index contributed by atoms with van der Waals surface area (Å²) in [6.07, 6.45) is 1.48. The van der Waals surface area contributed by atoms with Gasteiger partial charge in [0.25, 0.3) is 5.91 Å². The number of benzene rings is 2. The SMILES string of the molecule is CCOc1ccc(CCN2C(=O)c3cc4ccccc4n3C[C@@]2(C)C(=O)NCCC(C)C)cc1OCC. The Morgan fingerprint density at radius 2 is 1.78 bits per heavy atom. The molecule has 1 aliphatic heterocycles. The van der Waals surface area contributed by atoms with Gasteiger partial charge in [0.1, 0.15) is 11.2 Å². The summed E-state index contributed by atoms with van der Waals surface area (Å²) in [5.41, 5.74) is 1.60. The first-order valence-corrected chi connectivity index (χ1v) is 13.4. The van der Waals surface area contributed by atoms with E-state index in [-0.39, 0.29) is 11.8 Å². The molecule has 7 nitrogen and oxygen atoms in total. The summed E-state index contributed by atoms with van der Waals surface area (Å²) >= 11 is 0. The Labute approximate surface area is 219 Å². The fourth-order valence-corrected chi connectivity index (χ4v) is 5.01. The van der Waals surface area contributed by atoms with E-state index in [4.69, 9.17) is 9.47 Å². The lowest BCUT2D eigenvalue weighted by molar-refractivity contribution is -0.132. The number of para-hydroxylation sites is 1. The van der Waals surface area contributed by atoms with Crippen molar-refractivity contribution in [3.05, 3.63) is 59.8 Å². The summed E-state index contributed by atoms with van der Waals surface area (Å²) in [7, 11) is 0. The van der Waals surface area contributed by atoms with Crippen molar-refractivity contribution >= 4 is 22.7 Å². The van der Waals surface area contributed by atoms with Crippen LogP contribution in [-0.2, 0) is 17.8 Å². The molecule has 198 valence electrons. The Bertz CT molecular complexity index is 1260. The summed E-state index contributed by atoms with van der Waals surface area (Å²) in [4.78, 5) is 29.3. The second-order valence-corrected chi connectivity index (χ2v) is 10.2. The summed E-state index contributed by atoms with van der Waals surface area (Å²) in [6, 6.07) is 15.8. The molecule has 1 N–H and O–H groups in total. The molecule has 0 unspecified atom stereocenters. The highest BCUT2D eigenvalue weighted by molar-refractivity contribution is 6.03. The van der Waals surface area contributed by atoms with Gasteiger partial charge in [0.2, 0.25) is 5.91 Å². The molecule has 1 aliphatic rings. The van der Waals surface area contributed by atoms with Crippen LogP contribution in [0.15, 0.2) is 48.5 Å². The largest absolute Gasteiger partial charge is 0.490 e. The van der Waals surface area contributed by atoms with Gasteiger partial charge in [-0.2, -0.15) is 0 Å². The predicted octanol–water partition coefficient (Wildman–Crippen LogP) is 5.06. The molecule has 4 rings (SSSR count). The number of fused-ring (bicyclic) bond motifs is 3. The van der Waals surface area contributed by atoms with E-state index in [0.717, 1.165) is 22.9 Å². The molecule has 1 atom stereocenters. The minimum Gasteiger partial charge on any atom is -0.490 e. The number of carbonyl (C=O) groups is 2. The van der Waals surface area contributed by atoms with Crippen LogP contribution in [0.5, 0.6) is 11.5 Å². The summed E-state index contributed by atoms with van der Waals surface area (Å²) in [6.45, 7) is 12.5. The van der Waals surface area contributed by atoms with Gasteiger partial charge in [0.05, 0.1) is 19.8 Å². The molecule has 2 amide bonds. The zero-order chi connectivity index (χ0) is 26.6. The quantitative estimate of drug-likeness (QED) is 0.395. The van der Waals surface area contributed by atoms with Gasteiger partial charge >= 0.3 is 0 Å². The van der Waals surface area contributed by atoms with Crippen LogP contribution in [0.1, 0.15) is 57.1 Å². The summed E-state index contributed by atoms with van der Waals surface area (Å²) < 4.78 is 13.5. The molecule has 37 heavy (non-hydrogen) atoms. The van der Waals surface area contributed by atoms with Gasteiger partial charge in [-0.05, 0) is 69.4 Å². The van der Waals surface area contributed by atoms with Crippen LogP contribution in [0.2, 0.25) is 0 Å². The van der Waals surface area contributed by atoms with E-state index in [1.54, 1.807) is 4.90 Å². The first kappa shape index (κ1) is 26.6. The maximum atomic E-state index is 13.9. The highest BCUT2D eigenvalue weighted by Gasteiger charge is 2.47. The van der Waals surface area contributed by atoms with Gasteiger partial charge < -0.3 is 24.3 Å². The molecule has 2 heterocycles. The first-order chi connectivity index (χ1) is 17.8. The van der Waals surface area contributed by atoms with E-state index in [1.807, 2.05) is 73.9 Å². The molecule has 7 heteroatoms. The Balaban J connectivity index is 1.64. The molecule has 0 radical (unpaired) electrons. The third kappa shape index (κ3) is 5.45. The molecule has 0 aliphatic carbocycles. The Kier molecular flexibility index (Phi) is 8.10. The zero-order valence-corrected chi connectivity index (χ0v) is 22.7. The Morgan fingerprint density at radius 1 is 1.05 bits per heavy atom. The maximum Gasteiger partial charge on any atom is 0.271 e. The van der Waals surface area contributed by atoms with Gasteiger partial charge in [0, 0.05) is 24.0 Å². The monoisotopic (exact) mass is 505 g/mol. The lowest BCUT2D eigenvalue weighted by Crippen LogP contribution is -2.64. The number of hydrogen-bond donors (Lipinski definition) is 1. The molecule has 0 saturated heterocycles. The fourth-order valence-electron chi connectivity index (χ4n) is 5.01. The van der Waals surface area contributed by atoms with E-state index >= 15 is 0 Å². The average molecular weight is 506 g/mol. The smallest absolute Gasteiger partial charge is 0.271 e. The minimum atomic E-state index is -1.02. The van der Waals surface area contributed by atoms with E-state index in [0.29, 0.717) is 62.4 Å². The van der Waals surface area contributed by atoms with Crippen LogP contribution in [0, 0.1) is 5.92 Å². The highest BCUT2D eigenvalue weighted by atomic mass is 16.5. The van der Waals surface area contributed by atoms with Crippen molar-refractivity contribution in [2.45, 2.75) is 59.5 Å². The normalized spacial score (nSPS) is 17.2. The highest BCUT2D eigenvalue weighted by Crippen LogP contribution is 2.33. The molecule has 0 spiro atoms. The second-order valence-electron chi connectivity index (χ2n) is 10.2. The fraction of sp³-hybridized carbons (Fsp3) is 0.467. The number of nitrogens with zero attached hydrogens (tertiary/aromatic N) is 2. The predicted molar refractivity (Wildman–Crippen MR) is 146 cm³/mol. The van der Waals surface area contributed by atoms with Crippen LogP contribution in [0.4, 0.5) is 0 Å². The maximum absolute atomic E-state index is 13.9. The number of carbonyl (C=O) groups excluding carboxylic acids is 2. The summed E-state index contributed by atoms with van der Waals surface area (Å²) in [5, 5.41) is 4.11. The van der Waals surface area contributed by atoms with Gasteiger partial charge in [0.15, 0.2) is 11.5 Å². The molecule has 0 fully saturated rings. The number of aromatic nitrogens is 1. The molecule has 2 aromatic carbocycles. The lowest BCUT2D eigenvalue weighted by atomic mass is 9.93. The topological polar surface area (TPSA) is 72.8 Å². The molecule has 3 aromatic rings. The van der Waals surface area contributed by atoms with Crippen molar-refractivity contribution in [3.63, 3.8) is 0 Å². The number of hydrogen-bond acceptors (Lipinski definition) is 4. The van der Waals surface area contributed by atoms with Gasteiger partial charge in [-0.15, -0.1) is 0 Å². The van der Waals surface area contributed by atoms with E-state index in [2.05, 4.69) is 19.2 Å². The van der Waals surface area contributed by atoms with E-state index in [9.17, 15) is 9.59 Å². The van der Waals surface area contributed by atoms with Crippen molar-refractivity contribution in [1.29, 1.82) is 0 Å². The third-order valence-electron chi connectivity index (χ3n) is 7.06. The van der Waals surface area contributed by atoms with Crippen LogP contribution in [-0.4, -0.2) is 53.1 Å². The zero-order valence-electron chi connectivity index (χ0n) is 22.7. The molecule has 1 aromatic heterocycles. The second kappa shape index (κ2) is 11.3. The first-order valence-electron chi connectivity index (χ1n) is 13.4. The number of ether oxygens (including phenoxy) is 2. The van der Waals surface area contributed by atoms with Crippen LogP contribution >= 0.6 is 0 Å². The Hall–Kier alpha value is -3.48. The molecule has 0 bridgehead atoms. The van der Waals surface area contributed by atoms with E-state index < -0.39 is 5.54 Å². The Morgan fingerprint density at radius 3 is 2.51 bits per heavy atom. The van der Waals surface area contributed by atoms with Crippen molar-refractivity contribution in [1.82, 2.24) is 14.8 Å². The lowest BCUT2D eigenvalue weighted by Gasteiger charge is -2.44. The van der Waals surface area contributed by atoms with Crippen molar-refractivity contribution in [2.75, 3.05) is 26.3 Å². The number of nitrogens with one attached hydrogen (secondary N) is 1. The summed E-state index contributed by atoms with van der Waals surface area (Å²) in [5.74, 6) is 1.64. The minimum absolute atomic E-state index is 0.119. The van der Waals surface area contributed by atoms with Crippen LogP contribution in [0.3, 0.4) is 0 Å². The standard InChI is InChI=1S/C30H39N3O4/c1-6-36-26-13-12-22(18-27(26)37-7-2)15-17-33-28(34)25-19-23-10-8-9-11-24(23)32(25)20-30(33,5)29(35)31-16-14-21(3)4/h8-13,18-19,21H,6-7,14-17,20H2,1-5H3,(H,31,35)/t30-/m0/s1. The van der Waals surface area contributed by atoms with Gasteiger partial charge in [-0.3, -0.25) is 9.59 Å². The van der Waals surface area contributed by atoms with Crippen molar-refractivity contribution < 1.29 is 19.1 Å². The van der Waals surface area contributed by atoms with Crippen LogP contribution < -0.4 is 14.8 Å². The van der Waals surface area contributed by atoms with Crippen molar-refractivity contribution in [3.8, 4) is 11.5 Å². The average Bonchev–Trinajstić information content (AvgIpc) is 3.24. The van der Waals surface area contributed by atoms with E-state index in [1.165, 1.54) is 0 Å². The third-order valence-corrected chi connectivity index (χ3v) is 7.06. The molecular weight excluding hydrogens is 466 g/mol. The molecule has 0 saturated carbocycles. The van der Waals surface area contributed by atoms with Gasteiger partial charge in [-0.1, -0.05) is 38.1 Å². The number of amides is 2.